The van der Waals surface area contributed by atoms with Gasteiger partial charge in [0.15, 0.2) is 0 Å². The minimum absolute atomic E-state index is 0.325. The number of likely N-dealkylation sites (tertiary alicyclic amines) is 1. The molecule has 1 heterocycles. The summed E-state index contributed by atoms with van der Waals surface area (Å²) in [4.78, 5) is 2.29. The third-order valence-corrected chi connectivity index (χ3v) is 2.91. The molecule has 2 heteroatoms. The van der Waals surface area contributed by atoms with Gasteiger partial charge < -0.3 is 10.0 Å². The lowest BCUT2D eigenvalue weighted by Gasteiger charge is -2.44. The molecule has 0 radical (unpaired) electrons. The summed E-state index contributed by atoms with van der Waals surface area (Å²) in [6.07, 6.45) is 2.52. The summed E-state index contributed by atoms with van der Waals surface area (Å²) in [5.41, 5.74) is -0.561. The van der Waals surface area contributed by atoms with Gasteiger partial charge in [-0.05, 0) is 46.2 Å². The highest BCUT2D eigenvalue weighted by Crippen LogP contribution is 2.29. The van der Waals surface area contributed by atoms with E-state index in [-0.39, 0.29) is 0 Å². The summed E-state index contributed by atoms with van der Waals surface area (Å²) in [6.45, 7) is 11.2. The molecule has 14 heavy (non-hydrogen) atoms. The Balaban J connectivity index is 0.000000791. The van der Waals surface area contributed by atoms with Crippen LogP contribution in [-0.4, -0.2) is 35.2 Å². The van der Waals surface area contributed by atoms with Crippen LogP contribution in [-0.2, 0) is 0 Å². The molecule has 0 spiro atoms. The SMILES string of the molecule is CC.CC1CCCN(C)C1C(C)(C)O. The van der Waals surface area contributed by atoms with E-state index in [1.54, 1.807) is 0 Å². The normalized spacial score (nSPS) is 29.4. The van der Waals surface area contributed by atoms with Gasteiger partial charge in [0, 0.05) is 6.04 Å². The van der Waals surface area contributed by atoms with E-state index in [1.807, 2.05) is 27.7 Å². The fourth-order valence-electron chi connectivity index (χ4n) is 2.63. The van der Waals surface area contributed by atoms with Crippen LogP contribution < -0.4 is 0 Å². The van der Waals surface area contributed by atoms with Gasteiger partial charge in [0.1, 0.15) is 0 Å². The molecule has 0 saturated carbocycles. The maximum Gasteiger partial charge on any atom is 0.0748 e. The van der Waals surface area contributed by atoms with Gasteiger partial charge in [0.05, 0.1) is 5.60 Å². The third-order valence-electron chi connectivity index (χ3n) is 2.91. The van der Waals surface area contributed by atoms with Gasteiger partial charge in [0.25, 0.3) is 0 Å². The Morgan fingerprint density at radius 2 is 1.79 bits per heavy atom. The monoisotopic (exact) mass is 201 g/mol. The lowest BCUT2D eigenvalue weighted by atomic mass is 9.82. The zero-order valence-corrected chi connectivity index (χ0v) is 10.7. The topological polar surface area (TPSA) is 23.5 Å². The molecule has 1 fully saturated rings. The fraction of sp³-hybridized carbons (Fsp3) is 1.00. The highest BCUT2D eigenvalue weighted by molar-refractivity contribution is 4.91. The maximum atomic E-state index is 9.94. The third kappa shape index (κ3) is 3.58. The Morgan fingerprint density at radius 1 is 1.29 bits per heavy atom. The molecule has 0 aromatic heterocycles. The molecule has 86 valence electrons. The molecule has 1 aliphatic rings. The van der Waals surface area contributed by atoms with Crippen LogP contribution in [0.5, 0.6) is 0 Å². The first kappa shape index (κ1) is 13.9. The molecular formula is C12H27NO. The van der Waals surface area contributed by atoms with Crippen molar-refractivity contribution in [2.75, 3.05) is 13.6 Å². The van der Waals surface area contributed by atoms with Gasteiger partial charge >= 0.3 is 0 Å². The van der Waals surface area contributed by atoms with Crippen LogP contribution in [0, 0.1) is 5.92 Å². The van der Waals surface area contributed by atoms with E-state index in [4.69, 9.17) is 0 Å². The van der Waals surface area contributed by atoms with Gasteiger partial charge in [-0.25, -0.2) is 0 Å². The molecule has 0 aromatic rings. The minimum atomic E-state index is -0.561. The van der Waals surface area contributed by atoms with Crippen molar-refractivity contribution in [3.8, 4) is 0 Å². The summed E-state index contributed by atoms with van der Waals surface area (Å²) in [7, 11) is 2.11. The Labute approximate surface area is 89.3 Å². The second-order valence-corrected chi connectivity index (χ2v) is 4.70. The first-order valence-corrected chi connectivity index (χ1v) is 5.85. The second-order valence-electron chi connectivity index (χ2n) is 4.70. The molecule has 0 amide bonds. The van der Waals surface area contributed by atoms with Crippen molar-refractivity contribution >= 4 is 0 Å². The zero-order valence-electron chi connectivity index (χ0n) is 10.7. The van der Waals surface area contributed by atoms with E-state index < -0.39 is 5.60 Å². The zero-order chi connectivity index (χ0) is 11.4. The molecule has 1 rings (SSSR count). The summed E-state index contributed by atoms with van der Waals surface area (Å²) >= 11 is 0. The Kier molecular flexibility index (Phi) is 5.68. The highest BCUT2D eigenvalue weighted by Gasteiger charge is 2.36. The predicted octanol–water partition coefficient (Wildman–Crippen LogP) is 2.51. The Bertz CT molecular complexity index is 141. The molecule has 2 atom stereocenters. The van der Waals surface area contributed by atoms with E-state index in [0.29, 0.717) is 12.0 Å². The van der Waals surface area contributed by atoms with E-state index in [0.717, 1.165) is 6.54 Å². The lowest BCUT2D eigenvalue weighted by molar-refractivity contribution is -0.0497. The number of hydrogen-bond donors (Lipinski definition) is 1. The Hall–Kier alpha value is -0.0800. The van der Waals surface area contributed by atoms with Crippen molar-refractivity contribution in [3.63, 3.8) is 0 Å². The van der Waals surface area contributed by atoms with Gasteiger partial charge in [-0.1, -0.05) is 20.8 Å². The van der Waals surface area contributed by atoms with Crippen molar-refractivity contribution in [1.82, 2.24) is 4.90 Å². The van der Waals surface area contributed by atoms with Gasteiger partial charge in [-0.15, -0.1) is 0 Å². The average Bonchev–Trinajstić information content (AvgIpc) is 2.05. The van der Waals surface area contributed by atoms with Crippen LogP contribution >= 0.6 is 0 Å². The largest absolute Gasteiger partial charge is 0.389 e. The van der Waals surface area contributed by atoms with Crippen LogP contribution in [0.2, 0.25) is 0 Å². The molecule has 2 nitrogen and oxygen atoms in total. The average molecular weight is 201 g/mol. The van der Waals surface area contributed by atoms with Gasteiger partial charge in [-0.2, -0.15) is 0 Å². The minimum Gasteiger partial charge on any atom is -0.389 e. The van der Waals surface area contributed by atoms with Crippen molar-refractivity contribution in [2.45, 2.75) is 59.1 Å². The van der Waals surface area contributed by atoms with Crippen LogP contribution in [0.1, 0.15) is 47.5 Å². The summed E-state index contributed by atoms with van der Waals surface area (Å²) in [6, 6.07) is 0.325. The van der Waals surface area contributed by atoms with Crippen LogP contribution in [0.4, 0.5) is 0 Å². The number of hydrogen-bond acceptors (Lipinski definition) is 2. The predicted molar refractivity (Wildman–Crippen MR) is 62.5 cm³/mol. The van der Waals surface area contributed by atoms with E-state index in [9.17, 15) is 5.11 Å². The summed E-state index contributed by atoms with van der Waals surface area (Å²) in [5.74, 6) is 0.615. The number of piperidine rings is 1. The molecule has 1 aliphatic heterocycles. The van der Waals surface area contributed by atoms with E-state index in [2.05, 4.69) is 18.9 Å². The van der Waals surface area contributed by atoms with Gasteiger partial charge in [0.2, 0.25) is 0 Å². The standard InChI is InChI=1S/C10H21NO.C2H6/c1-8-6-5-7-11(4)9(8)10(2,3)12;1-2/h8-9,12H,5-7H2,1-4H3;1-2H3. The van der Waals surface area contributed by atoms with Crippen molar-refractivity contribution in [3.05, 3.63) is 0 Å². The van der Waals surface area contributed by atoms with E-state index in [1.165, 1.54) is 12.8 Å². The molecule has 0 bridgehead atoms. The first-order valence-electron chi connectivity index (χ1n) is 5.85. The first-order chi connectivity index (χ1) is 6.43. The van der Waals surface area contributed by atoms with Crippen molar-refractivity contribution in [2.24, 2.45) is 5.92 Å². The molecule has 2 unspecified atom stereocenters. The number of nitrogens with zero attached hydrogens (tertiary/aromatic N) is 1. The molecule has 1 saturated heterocycles. The number of likely N-dealkylation sites (N-methyl/N-ethyl adjacent to an activating group) is 1. The van der Waals surface area contributed by atoms with Gasteiger partial charge in [-0.3, -0.25) is 0 Å². The molecule has 1 N–H and O–H groups in total. The van der Waals surface area contributed by atoms with Crippen LogP contribution in [0.3, 0.4) is 0 Å². The molecular weight excluding hydrogens is 174 g/mol. The fourth-order valence-corrected chi connectivity index (χ4v) is 2.63. The Morgan fingerprint density at radius 3 is 2.07 bits per heavy atom. The quantitative estimate of drug-likeness (QED) is 0.704. The smallest absolute Gasteiger partial charge is 0.0748 e. The number of rotatable bonds is 1. The number of aliphatic hydroxyl groups is 1. The van der Waals surface area contributed by atoms with Crippen molar-refractivity contribution in [1.29, 1.82) is 0 Å². The lowest BCUT2D eigenvalue weighted by Crippen LogP contribution is -2.54. The summed E-state index contributed by atoms with van der Waals surface area (Å²) < 4.78 is 0. The summed E-state index contributed by atoms with van der Waals surface area (Å²) in [5, 5.41) is 9.94. The van der Waals surface area contributed by atoms with Crippen LogP contribution in [0.15, 0.2) is 0 Å². The van der Waals surface area contributed by atoms with Crippen molar-refractivity contribution < 1.29 is 5.11 Å². The molecule has 0 aromatic carbocycles. The second kappa shape index (κ2) is 5.72. The maximum absolute atomic E-state index is 9.94. The highest BCUT2D eigenvalue weighted by atomic mass is 16.3. The molecule has 0 aliphatic carbocycles. The van der Waals surface area contributed by atoms with E-state index >= 15 is 0 Å². The van der Waals surface area contributed by atoms with Crippen LogP contribution in [0.25, 0.3) is 0 Å².